The van der Waals surface area contributed by atoms with E-state index in [1.165, 1.54) is 0 Å². The van der Waals surface area contributed by atoms with Gasteiger partial charge in [-0.1, -0.05) is 59.3 Å². The molecule has 0 amide bonds. The Bertz CT molecular complexity index is 582. The monoisotopic (exact) mass is 392 g/mol. The second-order valence-electron chi connectivity index (χ2n) is 7.03. The predicted molar refractivity (Wildman–Crippen MR) is 111 cm³/mol. The molecule has 0 aliphatic rings. The van der Waals surface area contributed by atoms with E-state index in [9.17, 15) is 9.59 Å². The molecule has 0 aliphatic heterocycles. The fourth-order valence-corrected chi connectivity index (χ4v) is 2.70. The van der Waals surface area contributed by atoms with Crippen molar-refractivity contribution in [2.75, 3.05) is 6.61 Å². The zero-order valence-electron chi connectivity index (χ0n) is 17.8. The molecule has 5 heteroatoms. The van der Waals surface area contributed by atoms with E-state index in [0.29, 0.717) is 25.2 Å². The van der Waals surface area contributed by atoms with E-state index in [2.05, 4.69) is 13.8 Å². The number of esters is 2. The first kappa shape index (κ1) is 24.0. The van der Waals surface area contributed by atoms with Gasteiger partial charge in [-0.05, 0) is 31.4 Å². The minimum atomic E-state index is -0.316. The molecule has 1 aromatic carbocycles. The SMILES string of the molecule is CCCCCCC(=O)Oc1ccc(OCCC)cc1OC(=O)CCCCCC. The average molecular weight is 393 g/mol. The van der Waals surface area contributed by atoms with Gasteiger partial charge < -0.3 is 14.2 Å². The number of unbranched alkanes of at least 4 members (excludes halogenated alkanes) is 6. The standard InChI is InChI=1S/C23H36O5/c1-4-7-9-11-13-22(24)27-20-16-15-19(26-17-6-3)18-21(20)28-23(25)14-12-10-8-5-2/h15-16,18H,4-14,17H2,1-3H3. The molecule has 1 rings (SSSR count). The summed E-state index contributed by atoms with van der Waals surface area (Å²) in [6, 6.07) is 4.99. The van der Waals surface area contributed by atoms with Crippen LogP contribution < -0.4 is 14.2 Å². The highest BCUT2D eigenvalue weighted by atomic mass is 16.6. The van der Waals surface area contributed by atoms with E-state index in [0.717, 1.165) is 57.8 Å². The number of rotatable bonds is 15. The third kappa shape index (κ3) is 10.3. The molecule has 0 bridgehead atoms. The summed E-state index contributed by atoms with van der Waals surface area (Å²) in [5.74, 6) is 0.489. The molecule has 28 heavy (non-hydrogen) atoms. The average Bonchev–Trinajstić information content (AvgIpc) is 2.68. The Morgan fingerprint density at radius 1 is 0.714 bits per heavy atom. The van der Waals surface area contributed by atoms with Gasteiger partial charge in [-0.2, -0.15) is 0 Å². The van der Waals surface area contributed by atoms with Crippen LogP contribution in [-0.4, -0.2) is 18.5 Å². The quantitative estimate of drug-likeness (QED) is 0.201. The maximum Gasteiger partial charge on any atom is 0.311 e. The Labute approximate surface area is 169 Å². The van der Waals surface area contributed by atoms with E-state index >= 15 is 0 Å². The van der Waals surface area contributed by atoms with Gasteiger partial charge in [-0.3, -0.25) is 9.59 Å². The molecule has 0 radical (unpaired) electrons. The summed E-state index contributed by atoms with van der Waals surface area (Å²) < 4.78 is 16.6. The van der Waals surface area contributed by atoms with Gasteiger partial charge >= 0.3 is 11.9 Å². The van der Waals surface area contributed by atoms with E-state index in [4.69, 9.17) is 14.2 Å². The van der Waals surface area contributed by atoms with Gasteiger partial charge in [0.15, 0.2) is 11.5 Å². The number of carbonyl (C=O) groups excluding carboxylic acids is 2. The summed E-state index contributed by atoms with van der Waals surface area (Å²) in [6.45, 7) is 6.85. The molecule has 0 saturated carbocycles. The third-order valence-electron chi connectivity index (χ3n) is 4.30. The van der Waals surface area contributed by atoms with Gasteiger partial charge in [0.25, 0.3) is 0 Å². The molecule has 0 saturated heterocycles. The van der Waals surface area contributed by atoms with Gasteiger partial charge in [0.05, 0.1) is 6.61 Å². The van der Waals surface area contributed by atoms with Crippen LogP contribution in [-0.2, 0) is 9.59 Å². The smallest absolute Gasteiger partial charge is 0.311 e. The highest BCUT2D eigenvalue weighted by molar-refractivity contribution is 5.76. The van der Waals surface area contributed by atoms with Crippen molar-refractivity contribution in [2.45, 2.75) is 91.4 Å². The first-order valence-electron chi connectivity index (χ1n) is 10.8. The molecule has 158 valence electrons. The van der Waals surface area contributed by atoms with Crippen LogP contribution in [0, 0.1) is 0 Å². The van der Waals surface area contributed by atoms with Crippen molar-refractivity contribution in [1.82, 2.24) is 0 Å². The Morgan fingerprint density at radius 2 is 1.29 bits per heavy atom. The zero-order chi connectivity index (χ0) is 20.6. The Morgan fingerprint density at radius 3 is 1.82 bits per heavy atom. The van der Waals surface area contributed by atoms with Crippen LogP contribution in [0.25, 0.3) is 0 Å². The first-order valence-corrected chi connectivity index (χ1v) is 10.8. The predicted octanol–water partition coefficient (Wildman–Crippen LogP) is 6.23. The van der Waals surface area contributed by atoms with E-state index in [-0.39, 0.29) is 23.4 Å². The summed E-state index contributed by atoms with van der Waals surface area (Å²) >= 11 is 0. The van der Waals surface area contributed by atoms with Crippen molar-refractivity contribution in [3.63, 3.8) is 0 Å². The molecular weight excluding hydrogens is 356 g/mol. The van der Waals surface area contributed by atoms with E-state index in [1.807, 2.05) is 6.92 Å². The minimum absolute atomic E-state index is 0.246. The highest BCUT2D eigenvalue weighted by Gasteiger charge is 2.15. The zero-order valence-corrected chi connectivity index (χ0v) is 17.8. The topological polar surface area (TPSA) is 61.8 Å². The molecule has 0 aromatic heterocycles. The fourth-order valence-electron chi connectivity index (χ4n) is 2.70. The number of carbonyl (C=O) groups is 2. The third-order valence-corrected chi connectivity index (χ3v) is 4.30. The molecule has 0 spiro atoms. The molecular formula is C23H36O5. The number of benzene rings is 1. The van der Waals surface area contributed by atoms with Crippen LogP contribution in [0.2, 0.25) is 0 Å². The van der Waals surface area contributed by atoms with E-state index < -0.39 is 0 Å². The van der Waals surface area contributed by atoms with Crippen LogP contribution in [0.4, 0.5) is 0 Å². The molecule has 5 nitrogen and oxygen atoms in total. The lowest BCUT2D eigenvalue weighted by Gasteiger charge is -2.13. The minimum Gasteiger partial charge on any atom is -0.493 e. The molecule has 0 N–H and O–H groups in total. The lowest BCUT2D eigenvalue weighted by Crippen LogP contribution is -2.12. The number of ether oxygens (including phenoxy) is 3. The molecule has 0 fully saturated rings. The van der Waals surface area contributed by atoms with Crippen molar-refractivity contribution in [1.29, 1.82) is 0 Å². The maximum absolute atomic E-state index is 12.2. The molecule has 1 aromatic rings. The lowest BCUT2D eigenvalue weighted by molar-refractivity contribution is -0.137. The van der Waals surface area contributed by atoms with Crippen LogP contribution in [0.1, 0.15) is 91.4 Å². The summed E-state index contributed by atoms with van der Waals surface area (Å²) in [5.41, 5.74) is 0. The largest absolute Gasteiger partial charge is 0.493 e. The Kier molecular flexibility index (Phi) is 12.8. The summed E-state index contributed by atoms with van der Waals surface area (Å²) in [7, 11) is 0. The molecule has 0 unspecified atom stereocenters. The Hall–Kier alpha value is -2.04. The van der Waals surface area contributed by atoms with Crippen LogP contribution in [0.3, 0.4) is 0 Å². The fraction of sp³-hybridized carbons (Fsp3) is 0.652. The molecule has 0 atom stereocenters. The number of hydrogen-bond donors (Lipinski definition) is 0. The van der Waals surface area contributed by atoms with Gasteiger partial charge in [0, 0.05) is 18.9 Å². The van der Waals surface area contributed by atoms with Crippen molar-refractivity contribution in [3.05, 3.63) is 18.2 Å². The second kappa shape index (κ2) is 14.9. The Balaban J connectivity index is 2.72. The van der Waals surface area contributed by atoms with Gasteiger partial charge in [-0.25, -0.2) is 0 Å². The molecule has 0 heterocycles. The van der Waals surface area contributed by atoms with Crippen LogP contribution >= 0.6 is 0 Å². The second-order valence-corrected chi connectivity index (χ2v) is 7.03. The maximum atomic E-state index is 12.2. The highest BCUT2D eigenvalue weighted by Crippen LogP contribution is 2.32. The lowest BCUT2D eigenvalue weighted by atomic mass is 10.1. The van der Waals surface area contributed by atoms with Gasteiger partial charge in [0.1, 0.15) is 5.75 Å². The van der Waals surface area contributed by atoms with Crippen molar-refractivity contribution in [3.8, 4) is 17.2 Å². The van der Waals surface area contributed by atoms with Crippen LogP contribution in [0.15, 0.2) is 18.2 Å². The summed E-state index contributed by atoms with van der Waals surface area (Å²) in [6.07, 6.45) is 9.65. The summed E-state index contributed by atoms with van der Waals surface area (Å²) in [5, 5.41) is 0. The normalized spacial score (nSPS) is 10.5. The van der Waals surface area contributed by atoms with Crippen molar-refractivity contribution < 1.29 is 23.8 Å². The van der Waals surface area contributed by atoms with Gasteiger partial charge in [0.2, 0.25) is 0 Å². The van der Waals surface area contributed by atoms with Gasteiger partial charge in [-0.15, -0.1) is 0 Å². The summed E-state index contributed by atoms with van der Waals surface area (Å²) in [4.78, 5) is 24.3. The molecule has 0 aliphatic carbocycles. The van der Waals surface area contributed by atoms with E-state index in [1.54, 1.807) is 18.2 Å². The first-order chi connectivity index (χ1) is 13.6. The van der Waals surface area contributed by atoms with Crippen LogP contribution in [0.5, 0.6) is 17.2 Å². The van der Waals surface area contributed by atoms with Crippen molar-refractivity contribution >= 4 is 11.9 Å². The van der Waals surface area contributed by atoms with Crippen molar-refractivity contribution in [2.24, 2.45) is 0 Å². The number of hydrogen-bond acceptors (Lipinski definition) is 5.